The van der Waals surface area contributed by atoms with E-state index in [0.29, 0.717) is 9.04 Å². The van der Waals surface area contributed by atoms with Crippen molar-refractivity contribution in [2.45, 2.75) is 25.3 Å². The predicted octanol–water partition coefficient (Wildman–Crippen LogP) is -0.269. The maximum Gasteiger partial charge on any atom is 0.0409 e. The van der Waals surface area contributed by atoms with Crippen molar-refractivity contribution in [1.29, 1.82) is 0 Å². The minimum absolute atomic E-state index is 0.510. The normalized spacial score (nSPS) is 14.1. The molecule has 0 spiro atoms. The Hall–Kier alpha value is 0.651. The molecule has 0 N–H and O–H groups in total. The molecule has 0 aromatic rings. The van der Waals surface area contributed by atoms with Gasteiger partial charge >= 0.3 is 0 Å². The minimum Gasteiger partial charge on any atom is -0.0698 e. The molecule has 0 bridgehead atoms. The first-order valence-corrected chi connectivity index (χ1v) is 13.4. The highest BCUT2D eigenvalue weighted by molar-refractivity contribution is 6.99. The van der Waals surface area contributed by atoms with Gasteiger partial charge in [0.15, 0.2) is 0 Å². The van der Waals surface area contributed by atoms with E-state index in [1.54, 1.807) is 15.4 Å². The maximum atomic E-state index is 2.47. The number of hydrogen-bond acceptors (Lipinski definition) is 0. The quantitative estimate of drug-likeness (QED) is 0.473. The van der Waals surface area contributed by atoms with Crippen molar-refractivity contribution in [3.05, 3.63) is 0 Å². The summed E-state index contributed by atoms with van der Waals surface area (Å²) in [7, 11) is 1.49. The molecule has 0 amide bonds. The fourth-order valence-corrected chi connectivity index (χ4v) is 20.2. The van der Waals surface area contributed by atoms with Gasteiger partial charge in [-0.2, -0.15) is 0 Å². The molecule has 0 unspecified atom stereocenters. The van der Waals surface area contributed by atoms with Gasteiger partial charge in [-0.25, -0.2) is 0 Å². The Morgan fingerprint density at radius 2 is 1.86 bits per heavy atom. The molecule has 0 aromatic carbocycles. The van der Waals surface area contributed by atoms with Crippen molar-refractivity contribution in [3.63, 3.8) is 0 Å². The Labute approximate surface area is 52.7 Å². The van der Waals surface area contributed by atoms with Crippen molar-refractivity contribution in [2.24, 2.45) is 0 Å². The van der Waals surface area contributed by atoms with E-state index < -0.39 is 8.07 Å². The summed E-state index contributed by atoms with van der Waals surface area (Å²) in [4.78, 5) is 0. The lowest BCUT2D eigenvalue weighted by atomic mass is 11.8. The molecule has 44 valence electrons. The van der Waals surface area contributed by atoms with Gasteiger partial charge < -0.3 is 0 Å². The van der Waals surface area contributed by atoms with Crippen LogP contribution in [0, 0.1) is 0 Å². The number of hydrogen-bond donors (Lipinski definition) is 0. The molecule has 0 aromatic heterocycles. The van der Waals surface area contributed by atoms with Crippen LogP contribution in [0.1, 0.15) is 0 Å². The highest BCUT2D eigenvalue weighted by atomic mass is 29.1. The van der Waals surface area contributed by atoms with Crippen molar-refractivity contribution >= 4 is 26.9 Å². The fourth-order valence-electron chi connectivity index (χ4n) is 0.750. The standard InChI is InChI=1S/C4H16Si3/c1-7(2,3)4-6-5/h4,6H2,1-3,5H3. The summed E-state index contributed by atoms with van der Waals surface area (Å²) >= 11 is 0. The van der Waals surface area contributed by atoms with E-state index in [4.69, 9.17) is 0 Å². The van der Waals surface area contributed by atoms with Crippen molar-refractivity contribution in [3.8, 4) is 0 Å². The van der Waals surface area contributed by atoms with Crippen molar-refractivity contribution in [1.82, 2.24) is 0 Å². The smallest absolute Gasteiger partial charge is 0.0409 e. The Bertz CT molecular complexity index is 45.4. The van der Waals surface area contributed by atoms with Gasteiger partial charge in [-0.05, 0) is 9.76 Å². The zero-order valence-corrected chi connectivity index (χ0v) is 10.3. The second-order valence-electron chi connectivity index (χ2n) is 3.31. The molecule has 0 aliphatic heterocycles. The van der Waals surface area contributed by atoms with Gasteiger partial charge in [0.1, 0.15) is 0 Å². The summed E-state index contributed by atoms with van der Waals surface area (Å²) in [5, 5.41) is 0. The minimum atomic E-state index is -0.561. The average Bonchev–Trinajstić information content (AvgIpc) is 1.30. The summed E-state index contributed by atoms with van der Waals surface area (Å²) in [6.45, 7) is 7.41. The molecule has 0 saturated carbocycles. The van der Waals surface area contributed by atoms with Gasteiger partial charge in [-0.3, -0.25) is 0 Å². The lowest BCUT2D eigenvalue weighted by molar-refractivity contribution is 1.64. The summed E-state index contributed by atoms with van der Waals surface area (Å²) < 4.78 is 0. The van der Waals surface area contributed by atoms with Crippen LogP contribution in [-0.2, 0) is 0 Å². The third-order valence-electron chi connectivity index (χ3n) is 1.000. The summed E-state index contributed by atoms with van der Waals surface area (Å²) in [6, 6.07) is 0. The Morgan fingerprint density at radius 1 is 1.43 bits per heavy atom. The van der Waals surface area contributed by atoms with Crippen LogP contribution in [-0.4, -0.2) is 26.9 Å². The molecule has 0 atom stereocenters. The Morgan fingerprint density at radius 3 is 1.86 bits per heavy atom. The van der Waals surface area contributed by atoms with Gasteiger partial charge in [0, 0.05) is 17.1 Å². The molecular weight excluding hydrogens is 132 g/mol. The van der Waals surface area contributed by atoms with E-state index in [9.17, 15) is 0 Å². The summed E-state index contributed by atoms with van der Waals surface area (Å²) in [6.07, 6.45) is 0. The van der Waals surface area contributed by atoms with Crippen molar-refractivity contribution < 1.29 is 0 Å². The second kappa shape index (κ2) is 2.84. The first-order chi connectivity index (χ1) is 3.06. The van der Waals surface area contributed by atoms with Gasteiger partial charge in [-0.15, -0.1) is 0 Å². The molecule has 3 heteroatoms. The third kappa shape index (κ3) is 6.65. The van der Waals surface area contributed by atoms with Crippen LogP contribution in [0.25, 0.3) is 0 Å². The second-order valence-corrected chi connectivity index (χ2v) is 14.4. The third-order valence-corrected chi connectivity index (χ3v) is 13.5. The lowest BCUT2D eigenvalue weighted by Gasteiger charge is -2.12. The molecule has 7 heavy (non-hydrogen) atoms. The Kier molecular flexibility index (Phi) is 3.10. The molecule has 0 saturated heterocycles. The van der Waals surface area contributed by atoms with Gasteiger partial charge in [0.25, 0.3) is 0 Å². The highest BCUT2D eigenvalue weighted by Crippen LogP contribution is 2.03. The first-order valence-electron chi connectivity index (χ1n) is 3.06. The SMILES string of the molecule is C[Si](C)(C)C[SiH2][SiH3]. The number of rotatable bonds is 2. The Balaban J connectivity index is 3.15. The molecule has 0 nitrogen and oxygen atoms in total. The largest absolute Gasteiger partial charge is 0.0698 e. The zero-order valence-electron chi connectivity index (χ0n) is 5.91. The van der Waals surface area contributed by atoms with Crippen LogP contribution in [0.3, 0.4) is 0 Å². The molecule has 0 rings (SSSR count). The van der Waals surface area contributed by atoms with Crippen molar-refractivity contribution in [2.75, 3.05) is 0 Å². The van der Waals surface area contributed by atoms with Crippen LogP contribution < -0.4 is 0 Å². The summed E-state index contributed by atoms with van der Waals surface area (Å²) in [5.74, 6) is 0. The van der Waals surface area contributed by atoms with Gasteiger partial charge in [0.05, 0.1) is 0 Å². The van der Waals surface area contributed by atoms with Crippen LogP contribution in [0.4, 0.5) is 0 Å². The highest BCUT2D eigenvalue weighted by Gasteiger charge is 2.09. The van der Waals surface area contributed by atoms with Crippen LogP contribution in [0.5, 0.6) is 0 Å². The van der Waals surface area contributed by atoms with Gasteiger partial charge in [-0.1, -0.05) is 25.3 Å². The van der Waals surface area contributed by atoms with E-state index in [1.165, 1.54) is 0 Å². The zero-order chi connectivity index (χ0) is 5.91. The average molecular weight is 148 g/mol. The van der Waals surface area contributed by atoms with Crippen LogP contribution in [0.15, 0.2) is 0 Å². The van der Waals surface area contributed by atoms with E-state index >= 15 is 0 Å². The first kappa shape index (κ1) is 7.65. The van der Waals surface area contributed by atoms with Gasteiger partial charge in [0.2, 0.25) is 0 Å². The molecule has 0 heterocycles. The maximum absolute atomic E-state index is 2.47. The van der Waals surface area contributed by atoms with E-state index in [0.717, 1.165) is 0 Å². The van der Waals surface area contributed by atoms with E-state index in [-0.39, 0.29) is 0 Å². The molecule has 0 aliphatic rings. The predicted molar refractivity (Wildman–Crippen MR) is 46.6 cm³/mol. The molecule has 0 aliphatic carbocycles. The molecule has 0 fully saturated rings. The molecular formula is C4H16Si3. The lowest BCUT2D eigenvalue weighted by Crippen LogP contribution is -2.22. The van der Waals surface area contributed by atoms with E-state index in [2.05, 4.69) is 19.6 Å². The summed E-state index contributed by atoms with van der Waals surface area (Å²) in [5.41, 5.74) is 1.68. The molecule has 0 radical (unpaired) electrons. The topological polar surface area (TPSA) is 0 Å². The van der Waals surface area contributed by atoms with E-state index in [1.807, 2.05) is 0 Å². The fraction of sp³-hybridized carbons (Fsp3) is 1.00. The van der Waals surface area contributed by atoms with Crippen LogP contribution >= 0.6 is 0 Å². The van der Waals surface area contributed by atoms with Crippen LogP contribution in [0.2, 0.25) is 25.3 Å². The monoisotopic (exact) mass is 148 g/mol.